The second kappa shape index (κ2) is 11.3. The summed E-state index contributed by atoms with van der Waals surface area (Å²) < 4.78 is 6.01. The summed E-state index contributed by atoms with van der Waals surface area (Å²) in [5, 5.41) is 20.8. The van der Waals surface area contributed by atoms with Gasteiger partial charge in [0.1, 0.15) is 0 Å². The first-order valence-corrected chi connectivity index (χ1v) is 11.9. The molecule has 2 aliphatic carbocycles. The van der Waals surface area contributed by atoms with Gasteiger partial charge >= 0.3 is 0 Å². The van der Waals surface area contributed by atoms with Gasteiger partial charge < -0.3 is 14.9 Å². The average Bonchev–Trinajstić information content (AvgIpc) is 3.04. The van der Waals surface area contributed by atoms with Crippen LogP contribution in [0.4, 0.5) is 0 Å². The van der Waals surface area contributed by atoms with E-state index in [2.05, 4.69) is 79.7 Å². The summed E-state index contributed by atoms with van der Waals surface area (Å²) in [5.41, 5.74) is 6.14. The molecule has 5 heteroatoms. The van der Waals surface area contributed by atoms with Crippen molar-refractivity contribution in [2.75, 3.05) is 6.61 Å². The molecular weight excluding hydrogens is 422 g/mol. The van der Waals surface area contributed by atoms with Crippen LogP contribution in [0.15, 0.2) is 73.3 Å². The minimum Gasteiger partial charge on any atom is -0.394 e. The van der Waals surface area contributed by atoms with Gasteiger partial charge in [0.15, 0.2) is 0 Å². The highest BCUT2D eigenvalue weighted by molar-refractivity contribution is 7.27. The van der Waals surface area contributed by atoms with Gasteiger partial charge in [0, 0.05) is 18.5 Å². The highest BCUT2D eigenvalue weighted by Crippen LogP contribution is 2.39. The molecule has 0 saturated carbocycles. The van der Waals surface area contributed by atoms with Crippen molar-refractivity contribution < 1.29 is 14.9 Å². The lowest BCUT2D eigenvalue weighted by atomic mass is 9.94. The predicted octanol–water partition coefficient (Wildman–Crippen LogP) is 5.02. The Morgan fingerprint density at radius 1 is 1.10 bits per heavy atom. The average molecular weight is 454 g/mol. The number of hydrogen-bond donors (Lipinski definition) is 2. The number of aliphatic hydroxyl groups excluding tert-OH is 2. The Morgan fingerprint density at radius 2 is 1.74 bits per heavy atom. The van der Waals surface area contributed by atoms with Crippen molar-refractivity contribution >= 4 is 23.8 Å². The Morgan fingerprint density at radius 3 is 2.35 bits per heavy atom. The molecule has 0 spiro atoms. The van der Waals surface area contributed by atoms with Crippen molar-refractivity contribution in [2.45, 2.75) is 43.7 Å². The van der Waals surface area contributed by atoms with E-state index in [1.807, 2.05) is 13.0 Å². The lowest BCUT2D eigenvalue weighted by Crippen LogP contribution is -2.33. The molecule has 1 saturated heterocycles. The van der Waals surface area contributed by atoms with Gasteiger partial charge in [0.2, 0.25) is 0 Å². The fraction of sp³-hybridized carbons (Fsp3) is 0.308. The third-order valence-corrected chi connectivity index (χ3v) is 6.78. The van der Waals surface area contributed by atoms with Gasteiger partial charge in [-0.25, -0.2) is 0 Å². The summed E-state index contributed by atoms with van der Waals surface area (Å²) in [6.07, 6.45) is 1.86. The predicted molar refractivity (Wildman–Crippen MR) is 136 cm³/mol. The maximum absolute atomic E-state index is 10.2. The summed E-state index contributed by atoms with van der Waals surface area (Å²) in [6, 6.07) is 21.3. The summed E-state index contributed by atoms with van der Waals surface area (Å²) in [7, 11) is 5.79. The summed E-state index contributed by atoms with van der Waals surface area (Å²) in [5.74, 6) is 0. The Bertz CT molecular complexity index is 944. The largest absolute Gasteiger partial charge is 0.394 e. The quantitative estimate of drug-likeness (QED) is 0.430. The SMILES string of the molecule is C=CC.OCC1CC(O)CC(c2ccc(P)c(C(P)c3cc4cccccc-4c3)c2)O1. The van der Waals surface area contributed by atoms with Crippen LogP contribution < -0.4 is 5.30 Å². The van der Waals surface area contributed by atoms with Crippen molar-refractivity contribution in [1.82, 2.24) is 0 Å². The molecule has 3 nitrogen and oxygen atoms in total. The summed E-state index contributed by atoms with van der Waals surface area (Å²) >= 11 is 0. The van der Waals surface area contributed by atoms with Gasteiger partial charge in [-0.3, -0.25) is 0 Å². The molecule has 31 heavy (non-hydrogen) atoms. The van der Waals surface area contributed by atoms with Gasteiger partial charge in [-0.05, 0) is 40.0 Å². The molecule has 0 radical (unpaired) electrons. The van der Waals surface area contributed by atoms with Crippen LogP contribution in [0.1, 0.15) is 48.2 Å². The number of ether oxygens (including phenoxy) is 1. The minimum absolute atomic E-state index is 0.0636. The zero-order valence-electron chi connectivity index (χ0n) is 17.9. The third-order valence-electron chi connectivity index (χ3n) is 5.51. The number of benzene rings is 1. The standard InChI is InChI=1S/C23H26O3P2.C3H6/c24-13-19-11-18(25)12-21(26-19)16-6-7-22(27)20(10-16)23(28)17-8-14-4-2-1-3-5-15(14)9-17;1-3-2/h1-10,18-19,21,23-25H,11-13,27-28H2;3H,1H2,2H3. The molecule has 4 rings (SSSR count). The number of hydrogen-bond acceptors (Lipinski definition) is 3. The van der Waals surface area contributed by atoms with Gasteiger partial charge in [-0.15, -0.1) is 25.1 Å². The van der Waals surface area contributed by atoms with Crippen molar-refractivity contribution in [3.8, 4) is 11.1 Å². The van der Waals surface area contributed by atoms with Crippen LogP contribution in [0.5, 0.6) is 0 Å². The molecular formula is C26H32O3P2. The van der Waals surface area contributed by atoms with E-state index in [0.717, 1.165) is 10.9 Å². The molecule has 164 valence electrons. The van der Waals surface area contributed by atoms with Gasteiger partial charge in [0.25, 0.3) is 0 Å². The van der Waals surface area contributed by atoms with Crippen LogP contribution in [0.3, 0.4) is 0 Å². The van der Waals surface area contributed by atoms with E-state index in [0.29, 0.717) is 12.8 Å². The molecule has 0 bridgehead atoms. The summed E-state index contributed by atoms with van der Waals surface area (Å²) in [6.45, 7) is 5.19. The maximum atomic E-state index is 10.2. The molecule has 1 aromatic carbocycles. The van der Waals surface area contributed by atoms with Gasteiger partial charge in [0.05, 0.1) is 24.9 Å². The topological polar surface area (TPSA) is 49.7 Å². The van der Waals surface area contributed by atoms with E-state index in [9.17, 15) is 10.2 Å². The number of allylic oxidation sites excluding steroid dienone is 1. The molecule has 1 aliphatic heterocycles. The number of fused-ring (bicyclic) bond motifs is 1. The highest BCUT2D eigenvalue weighted by atomic mass is 31.0. The number of aliphatic hydroxyl groups is 2. The van der Waals surface area contributed by atoms with Crippen molar-refractivity contribution in [2.24, 2.45) is 0 Å². The second-order valence-electron chi connectivity index (χ2n) is 7.94. The van der Waals surface area contributed by atoms with E-state index in [4.69, 9.17) is 4.74 Å². The van der Waals surface area contributed by atoms with E-state index in [-0.39, 0.29) is 24.5 Å². The molecule has 6 unspecified atom stereocenters. The van der Waals surface area contributed by atoms with Crippen LogP contribution in [-0.2, 0) is 4.74 Å². The first-order valence-electron chi connectivity index (χ1n) is 10.6. The fourth-order valence-corrected chi connectivity index (χ4v) is 5.02. The summed E-state index contributed by atoms with van der Waals surface area (Å²) in [4.78, 5) is 0. The zero-order chi connectivity index (χ0) is 22.4. The Labute approximate surface area is 190 Å². The molecule has 2 N–H and O–H groups in total. The Hall–Kier alpha value is -1.60. The van der Waals surface area contributed by atoms with Crippen LogP contribution in [0.25, 0.3) is 11.1 Å². The van der Waals surface area contributed by atoms with Crippen LogP contribution in [0.2, 0.25) is 0 Å². The maximum Gasteiger partial charge on any atom is 0.0854 e. The van der Waals surface area contributed by atoms with Crippen molar-refractivity contribution in [1.29, 1.82) is 0 Å². The van der Waals surface area contributed by atoms with Crippen LogP contribution in [-0.4, -0.2) is 29.0 Å². The Kier molecular flexibility index (Phi) is 8.78. The lowest BCUT2D eigenvalue weighted by molar-refractivity contribution is -0.113. The monoisotopic (exact) mass is 454 g/mol. The molecule has 1 heterocycles. The fourth-order valence-electron chi connectivity index (χ4n) is 3.98. The van der Waals surface area contributed by atoms with Gasteiger partial charge in [-0.2, -0.15) is 0 Å². The van der Waals surface area contributed by atoms with Crippen LogP contribution >= 0.6 is 18.5 Å². The zero-order valence-corrected chi connectivity index (χ0v) is 20.3. The molecule has 1 fully saturated rings. The minimum atomic E-state index is -0.442. The van der Waals surface area contributed by atoms with E-state index in [1.165, 1.54) is 22.3 Å². The normalized spacial score (nSPS) is 21.8. The molecule has 6 atom stereocenters. The first-order chi connectivity index (χ1) is 15.0. The molecule has 3 aliphatic rings. The highest BCUT2D eigenvalue weighted by Gasteiger charge is 2.29. The number of rotatable bonds is 4. The lowest BCUT2D eigenvalue weighted by Gasteiger charge is -2.33. The van der Waals surface area contributed by atoms with Crippen molar-refractivity contribution in [3.63, 3.8) is 0 Å². The smallest absolute Gasteiger partial charge is 0.0854 e. The first kappa shape index (κ1) is 24.1. The molecule has 0 aromatic heterocycles. The van der Waals surface area contributed by atoms with Crippen LogP contribution in [0, 0.1) is 0 Å². The third kappa shape index (κ3) is 6.01. The van der Waals surface area contributed by atoms with E-state index in [1.54, 1.807) is 6.08 Å². The molecule has 0 amide bonds. The van der Waals surface area contributed by atoms with Gasteiger partial charge in [-0.1, -0.05) is 66.7 Å². The van der Waals surface area contributed by atoms with Crippen molar-refractivity contribution in [3.05, 3.63) is 90.0 Å². The Balaban J connectivity index is 0.000000858. The molecule has 1 aromatic rings. The van der Waals surface area contributed by atoms with E-state index >= 15 is 0 Å². The second-order valence-corrected chi connectivity index (χ2v) is 9.23. The van der Waals surface area contributed by atoms with E-state index < -0.39 is 6.10 Å².